The van der Waals surface area contributed by atoms with Gasteiger partial charge in [-0.2, -0.15) is 0 Å². The average Bonchev–Trinajstić information content (AvgIpc) is 3.00. The van der Waals surface area contributed by atoms with Crippen molar-refractivity contribution in [3.63, 3.8) is 0 Å². The van der Waals surface area contributed by atoms with Crippen LogP contribution >= 0.6 is 34.4 Å². The summed E-state index contributed by atoms with van der Waals surface area (Å²) in [6, 6.07) is 13.4. The van der Waals surface area contributed by atoms with Crippen LogP contribution in [0, 0.1) is 3.57 Å². The van der Waals surface area contributed by atoms with Gasteiger partial charge in [0, 0.05) is 0 Å². The van der Waals surface area contributed by atoms with Gasteiger partial charge < -0.3 is 14.2 Å². The van der Waals surface area contributed by atoms with Crippen molar-refractivity contribution < 1.29 is 28.6 Å². The van der Waals surface area contributed by atoms with Gasteiger partial charge in [-0.1, -0.05) is 30.3 Å². The average molecular weight is 567 g/mol. The molecular formula is C23H22INO6S. The Balaban J connectivity index is 1.78. The number of hydrogen-bond donors (Lipinski definition) is 0. The molecule has 1 fully saturated rings. The summed E-state index contributed by atoms with van der Waals surface area (Å²) in [6.07, 6.45) is 1.28. The highest BCUT2D eigenvalue weighted by Gasteiger charge is 2.36. The number of hydrogen-bond acceptors (Lipinski definition) is 7. The molecular weight excluding hydrogens is 545 g/mol. The van der Waals surface area contributed by atoms with Crippen LogP contribution in [-0.4, -0.2) is 41.8 Å². The van der Waals surface area contributed by atoms with Gasteiger partial charge in [0.2, 0.25) is 0 Å². The topological polar surface area (TPSA) is 82.1 Å². The van der Waals surface area contributed by atoms with Gasteiger partial charge in [-0.25, -0.2) is 0 Å². The number of carbonyl (C=O) groups excluding carboxylic acids is 3. The summed E-state index contributed by atoms with van der Waals surface area (Å²) >= 11 is 2.92. The standard InChI is InChI=1S/C23H22INO6S/c1-14(2)31-20(26)12-25-22(27)19(32-23(25)28)11-16-9-17(24)21(18(10-16)29-3)30-13-15-7-5-4-6-8-15/h4-11,14H,12-13H2,1-3H3/b19-11+. The summed E-state index contributed by atoms with van der Waals surface area (Å²) in [6.45, 7) is 3.38. The van der Waals surface area contributed by atoms with Crippen LogP contribution in [0.15, 0.2) is 47.4 Å². The van der Waals surface area contributed by atoms with E-state index in [-0.39, 0.29) is 11.0 Å². The molecule has 1 heterocycles. The van der Waals surface area contributed by atoms with Crippen LogP contribution in [0.2, 0.25) is 0 Å². The monoisotopic (exact) mass is 567 g/mol. The fourth-order valence-electron chi connectivity index (χ4n) is 2.91. The molecule has 0 unspecified atom stereocenters. The first-order valence-corrected chi connectivity index (χ1v) is 11.7. The van der Waals surface area contributed by atoms with Crippen molar-refractivity contribution in [1.82, 2.24) is 4.90 Å². The summed E-state index contributed by atoms with van der Waals surface area (Å²) in [5, 5.41) is -0.508. The number of halogens is 1. The van der Waals surface area contributed by atoms with Gasteiger partial charge in [0.25, 0.3) is 11.1 Å². The maximum absolute atomic E-state index is 12.7. The number of benzene rings is 2. The second-order valence-electron chi connectivity index (χ2n) is 7.11. The summed E-state index contributed by atoms with van der Waals surface area (Å²) in [4.78, 5) is 37.9. The van der Waals surface area contributed by atoms with Gasteiger partial charge >= 0.3 is 5.97 Å². The fourth-order valence-corrected chi connectivity index (χ4v) is 4.53. The third-order valence-corrected chi connectivity index (χ3v) is 6.01. The number of thioether (sulfide) groups is 1. The van der Waals surface area contributed by atoms with Crippen LogP contribution < -0.4 is 9.47 Å². The number of ether oxygens (including phenoxy) is 3. The number of esters is 1. The van der Waals surface area contributed by atoms with E-state index < -0.39 is 23.7 Å². The predicted octanol–water partition coefficient (Wildman–Crippen LogP) is 4.87. The highest BCUT2D eigenvalue weighted by atomic mass is 127. The molecule has 2 aromatic carbocycles. The lowest BCUT2D eigenvalue weighted by atomic mass is 10.1. The fraction of sp³-hybridized carbons (Fsp3) is 0.261. The third kappa shape index (κ3) is 6.04. The molecule has 0 aliphatic carbocycles. The Hall–Kier alpha value is -2.53. The highest BCUT2D eigenvalue weighted by molar-refractivity contribution is 14.1. The van der Waals surface area contributed by atoms with Crippen molar-refractivity contribution in [3.05, 3.63) is 62.1 Å². The molecule has 3 rings (SSSR count). The molecule has 1 aliphatic heterocycles. The first kappa shape index (κ1) is 24.1. The molecule has 0 bridgehead atoms. The van der Waals surface area contributed by atoms with Gasteiger partial charge in [0.15, 0.2) is 11.5 Å². The lowest BCUT2D eigenvalue weighted by Gasteiger charge is -2.14. The smallest absolute Gasteiger partial charge is 0.326 e. The first-order valence-electron chi connectivity index (χ1n) is 9.77. The number of amides is 2. The van der Waals surface area contributed by atoms with Crippen LogP contribution in [0.1, 0.15) is 25.0 Å². The van der Waals surface area contributed by atoms with E-state index in [4.69, 9.17) is 14.2 Å². The van der Waals surface area contributed by atoms with Crippen LogP contribution in [0.5, 0.6) is 11.5 Å². The predicted molar refractivity (Wildman–Crippen MR) is 130 cm³/mol. The lowest BCUT2D eigenvalue weighted by molar-refractivity contribution is -0.149. The summed E-state index contributed by atoms with van der Waals surface area (Å²) < 4.78 is 17.3. The van der Waals surface area contributed by atoms with E-state index in [2.05, 4.69) is 22.6 Å². The van der Waals surface area contributed by atoms with E-state index in [9.17, 15) is 14.4 Å². The molecule has 2 amide bonds. The van der Waals surface area contributed by atoms with Crippen molar-refractivity contribution in [2.45, 2.75) is 26.6 Å². The van der Waals surface area contributed by atoms with Crippen molar-refractivity contribution in [3.8, 4) is 11.5 Å². The molecule has 0 atom stereocenters. The van der Waals surface area contributed by atoms with E-state index in [1.54, 1.807) is 33.1 Å². The zero-order chi connectivity index (χ0) is 23.3. The van der Waals surface area contributed by atoms with E-state index in [1.807, 2.05) is 36.4 Å². The van der Waals surface area contributed by atoms with Crippen molar-refractivity contribution in [2.24, 2.45) is 0 Å². The molecule has 0 aromatic heterocycles. The Labute approximate surface area is 204 Å². The normalized spacial score (nSPS) is 14.9. The maximum atomic E-state index is 12.7. The Morgan fingerprint density at radius 3 is 2.56 bits per heavy atom. The molecule has 0 N–H and O–H groups in total. The second-order valence-corrected chi connectivity index (χ2v) is 9.27. The van der Waals surface area contributed by atoms with Crippen molar-refractivity contribution in [2.75, 3.05) is 13.7 Å². The minimum Gasteiger partial charge on any atom is -0.493 e. The van der Waals surface area contributed by atoms with Crippen LogP contribution in [0.25, 0.3) is 6.08 Å². The van der Waals surface area contributed by atoms with E-state index >= 15 is 0 Å². The number of methoxy groups -OCH3 is 1. The summed E-state index contributed by atoms with van der Waals surface area (Å²) in [5.41, 5.74) is 1.70. The van der Waals surface area contributed by atoms with Gasteiger partial charge in [0.05, 0.1) is 21.7 Å². The lowest BCUT2D eigenvalue weighted by Crippen LogP contribution is -2.35. The number of nitrogens with zero attached hydrogens (tertiary/aromatic N) is 1. The zero-order valence-corrected chi connectivity index (χ0v) is 20.8. The summed E-state index contributed by atoms with van der Waals surface area (Å²) in [5.74, 6) is -0.0452. The molecule has 168 valence electrons. The zero-order valence-electron chi connectivity index (χ0n) is 17.8. The van der Waals surface area contributed by atoms with Crippen LogP contribution in [0.4, 0.5) is 4.79 Å². The molecule has 1 saturated heterocycles. The van der Waals surface area contributed by atoms with Gasteiger partial charge in [-0.15, -0.1) is 0 Å². The SMILES string of the molecule is COc1cc(/C=C2/SC(=O)N(CC(=O)OC(C)C)C2=O)cc(I)c1OCc1ccccc1. The number of imide groups is 1. The molecule has 7 nitrogen and oxygen atoms in total. The largest absolute Gasteiger partial charge is 0.493 e. The second kappa shape index (κ2) is 10.9. The Kier molecular flexibility index (Phi) is 8.19. The van der Waals surface area contributed by atoms with Crippen LogP contribution in [0.3, 0.4) is 0 Å². The molecule has 0 spiro atoms. The minimum atomic E-state index is -0.625. The van der Waals surface area contributed by atoms with Gasteiger partial charge in [0.1, 0.15) is 13.2 Å². The number of carbonyl (C=O) groups is 3. The molecule has 0 saturated carbocycles. The minimum absolute atomic E-state index is 0.225. The van der Waals surface area contributed by atoms with Gasteiger partial charge in [-0.3, -0.25) is 19.3 Å². The Morgan fingerprint density at radius 1 is 1.19 bits per heavy atom. The van der Waals surface area contributed by atoms with E-state index in [0.717, 1.165) is 25.8 Å². The molecule has 2 aromatic rings. The molecule has 0 radical (unpaired) electrons. The van der Waals surface area contributed by atoms with Crippen molar-refractivity contribution in [1.29, 1.82) is 0 Å². The van der Waals surface area contributed by atoms with Crippen LogP contribution in [-0.2, 0) is 20.9 Å². The molecule has 9 heteroatoms. The number of rotatable bonds is 8. The summed E-state index contributed by atoms with van der Waals surface area (Å²) in [7, 11) is 1.54. The van der Waals surface area contributed by atoms with E-state index in [1.165, 1.54) is 0 Å². The molecule has 1 aliphatic rings. The first-order chi connectivity index (χ1) is 15.3. The quantitative estimate of drug-likeness (QED) is 0.256. The van der Waals surface area contributed by atoms with Gasteiger partial charge in [-0.05, 0) is 77.5 Å². The molecule has 32 heavy (non-hydrogen) atoms. The highest BCUT2D eigenvalue weighted by Crippen LogP contribution is 2.37. The Bertz CT molecular complexity index is 1050. The van der Waals surface area contributed by atoms with E-state index in [0.29, 0.717) is 23.7 Å². The van der Waals surface area contributed by atoms with Crippen molar-refractivity contribution >= 4 is 57.5 Å². The Morgan fingerprint density at radius 2 is 1.91 bits per heavy atom. The maximum Gasteiger partial charge on any atom is 0.326 e. The third-order valence-electron chi connectivity index (χ3n) is 4.30.